The number of rotatable bonds is 6. The van der Waals surface area contributed by atoms with Crippen molar-refractivity contribution in [3.8, 4) is 0 Å². The van der Waals surface area contributed by atoms with Gasteiger partial charge in [0, 0.05) is 19.5 Å². The fraction of sp³-hybridized carbons (Fsp3) is 0.917. The zero-order valence-corrected chi connectivity index (χ0v) is 11.3. The van der Waals surface area contributed by atoms with E-state index in [1.165, 1.54) is 0 Å². The van der Waals surface area contributed by atoms with Crippen LogP contribution in [0.1, 0.15) is 32.6 Å². The highest BCUT2D eigenvalue weighted by molar-refractivity contribution is 7.98. The molecule has 0 aliphatic carbocycles. The number of hydrogen-bond acceptors (Lipinski definition) is 3. The van der Waals surface area contributed by atoms with Gasteiger partial charge in [-0.1, -0.05) is 6.92 Å². The summed E-state index contributed by atoms with van der Waals surface area (Å²) in [5, 5.41) is 0. The van der Waals surface area contributed by atoms with Crippen molar-refractivity contribution >= 4 is 17.7 Å². The van der Waals surface area contributed by atoms with Crippen LogP contribution in [0.5, 0.6) is 0 Å². The number of likely N-dealkylation sites (tertiary alicyclic amines) is 1. The van der Waals surface area contributed by atoms with Gasteiger partial charge in [0.1, 0.15) is 0 Å². The maximum atomic E-state index is 11.9. The van der Waals surface area contributed by atoms with Crippen molar-refractivity contribution in [1.29, 1.82) is 0 Å². The quantitative estimate of drug-likeness (QED) is 0.724. The molecule has 0 bridgehead atoms. The first kappa shape index (κ1) is 13.8. The molecule has 94 valence electrons. The van der Waals surface area contributed by atoms with Gasteiger partial charge in [0.15, 0.2) is 0 Å². The molecule has 0 saturated carbocycles. The lowest BCUT2D eigenvalue weighted by molar-refractivity contribution is -0.130. The van der Waals surface area contributed by atoms with Crippen LogP contribution in [-0.4, -0.2) is 42.4 Å². The van der Waals surface area contributed by atoms with Crippen molar-refractivity contribution in [2.24, 2.45) is 11.1 Å². The summed E-state index contributed by atoms with van der Waals surface area (Å²) < 4.78 is 0. The molecule has 1 fully saturated rings. The van der Waals surface area contributed by atoms with E-state index in [-0.39, 0.29) is 5.41 Å². The van der Waals surface area contributed by atoms with E-state index in [1.54, 1.807) is 0 Å². The van der Waals surface area contributed by atoms with Crippen LogP contribution in [0.2, 0.25) is 0 Å². The molecule has 4 heteroatoms. The van der Waals surface area contributed by atoms with Gasteiger partial charge in [-0.05, 0) is 43.2 Å². The molecule has 0 aromatic rings. The summed E-state index contributed by atoms with van der Waals surface area (Å²) in [6.45, 7) is 4.61. The molecular weight excluding hydrogens is 220 g/mol. The van der Waals surface area contributed by atoms with Crippen LogP contribution >= 0.6 is 11.8 Å². The van der Waals surface area contributed by atoms with E-state index in [0.29, 0.717) is 18.9 Å². The predicted molar refractivity (Wildman–Crippen MR) is 70.6 cm³/mol. The van der Waals surface area contributed by atoms with Crippen LogP contribution in [0.25, 0.3) is 0 Å². The topological polar surface area (TPSA) is 46.3 Å². The summed E-state index contributed by atoms with van der Waals surface area (Å²) in [5.41, 5.74) is 5.89. The molecule has 1 rings (SSSR count). The molecule has 0 radical (unpaired) electrons. The summed E-state index contributed by atoms with van der Waals surface area (Å²) >= 11 is 1.85. The molecular formula is C12H24N2OS. The molecule has 16 heavy (non-hydrogen) atoms. The minimum atomic E-state index is 0.162. The first-order chi connectivity index (χ1) is 7.61. The molecule has 1 aliphatic heterocycles. The Balaban J connectivity index is 2.23. The Morgan fingerprint density at radius 3 is 2.81 bits per heavy atom. The van der Waals surface area contributed by atoms with E-state index in [1.807, 2.05) is 16.7 Å². The maximum Gasteiger partial charge on any atom is 0.222 e. The fourth-order valence-corrected chi connectivity index (χ4v) is 2.58. The Labute approximate surface area is 103 Å². The fourth-order valence-electron chi connectivity index (χ4n) is 2.08. The summed E-state index contributed by atoms with van der Waals surface area (Å²) in [4.78, 5) is 13.9. The third-order valence-electron chi connectivity index (χ3n) is 3.39. The van der Waals surface area contributed by atoms with Crippen LogP contribution in [0, 0.1) is 5.41 Å². The number of thioether (sulfide) groups is 1. The highest BCUT2D eigenvalue weighted by Crippen LogP contribution is 2.28. The van der Waals surface area contributed by atoms with Crippen molar-refractivity contribution in [1.82, 2.24) is 4.90 Å². The summed E-state index contributed by atoms with van der Waals surface area (Å²) in [6, 6.07) is 0. The molecule has 1 aliphatic rings. The van der Waals surface area contributed by atoms with Gasteiger partial charge in [0.25, 0.3) is 0 Å². The molecule has 0 aromatic heterocycles. The third-order valence-corrected chi connectivity index (χ3v) is 4.09. The first-order valence-electron chi connectivity index (χ1n) is 6.08. The average Bonchev–Trinajstić information content (AvgIpc) is 2.68. The van der Waals surface area contributed by atoms with Gasteiger partial charge in [-0.15, -0.1) is 0 Å². The van der Waals surface area contributed by atoms with E-state index in [2.05, 4.69) is 13.2 Å². The molecule has 1 unspecified atom stereocenters. The number of amides is 1. The SMILES string of the molecule is CSCCCCC(=O)N1CCC(C)(CN)C1. The van der Waals surface area contributed by atoms with Crippen molar-refractivity contribution in [3.63, 3.8) is 0 Å². The summed E-state index contributed by atoms with van der Waals surface area (Å²) in [5.74, 6) is 1.48. The van der Waals surface area contributed by atoms with E-state index in [9.17, 15) is 4.79 Å². The normalized spacial score (nSPS) is 25.1. The minimum absolute atomic E-state index is 0.162. The number of carbonyl (C=O) groups is 1. The van der Waals surface area contributed by atoms with Gasteiger partial charge in [-0.2, -0.15) is 11.8 Å². The second kappa shape index (κ2) is 6.50. The Morgan fingerprint density at radius 1 is 1.50 bits per heavy atom. The molecule has 1 atom stereocenters. The zero-order valence-electron chi connectivity index (χ0n) is 10.5. The van der Waals surface area contributed by atoms with Crippen LogP contribution in [0.4, 0.5) is 0 Å². The number of nitrogens with two attached hydrogens (primary N) is 1. The van der Waals surface area contributed by atoms with E-state index >= 15 is 0 Å². The monoisotopic (exact) mass is 244 g/mol. The average molecular weight is 244 g/mol. The van der Waals surface area contributed by atoms with Gasteiger partial charge < -0.3 is 10.6 Å². The number of hydrogen-bond donors (Lipinski definition) is 1. The van der Waals surface area contributed by atoms with Crippen LogP contribution in [0.15, 0.2) is 0 Å². The van der Waals surface area contributed by atoms with Gasteiger partial charge in [0.2, 0.25) is 5.91 Å². The number of unbranched alkanes of at least 4 members (excludes halogenated alkanes) is 1. The molecule has 0 spiro atoms. The van der Waals surface area contributed by atoms with Crippen LogP contribution in [-0.2, 0) is 4.79 Å². The van der Waals surface area contributed by atoms with Crippen LogP contribution < -0.4 is 5.73 Å². The molecule has 1 heterocycles. The zero-order chi connectivity index (χ0) is 12.0. The van der Waals surface area contributed by atoms with Gasteiger partial charge >= 0.3 is 0 Å². The van der Waals surface area contributed by atoms with Gasteiger partial charge in [-0.25, -0.2) is 0 Å². The smallest absolute Gasteiger partial charge is 0.222 e. The molecule has 2 N–H and O–H groups in total. The maximum absolute atomic E-state index is 11.9. The Bertz CT molecular complexity index is 235. The second-order valence-corrected chi connectivity index (χ2v) is 6.02. The van der Waals surface area contributed by atoms with Crippen molar-refractivity contribution in [3.05, 3.63) is 0 Å². The highest BCUT2D eigenvalue weighted by atomic mass is 32.2. The summed E-state index contributed by atoms with van der Waals surface area (Å²) in [7, 11) is 0. The van der Waals surface area contributed by atoms with Crippen LogP contribution in [0.3, 0.4) is 0 Å². The van der Waals surface area contributed by atoms with Crippen molar-refractivity contribution in [2.45, 2.75) is 32.6 Å². The standard InChI is InChI=1S/C12H24N2OS/c1-12(9-13)6-7-14(10-12)11(15)5-3-4-8-16-2/h3-10,13H2,1-2H3. The Hall–Kier alpha value is -0.220. The first-order valence-corrected chi connectivity index (χ1v) is 7.47. The molecule has 0 aromatic carbocycles. The van der Waals surface area contributed by atoms with Crippen molar-refractivity contribution < 1.29 is 4.79 Å². The van der Waals surface area contributed by atoms with Crippen molar-refractivity contribution in [2.75, 3.05) is 31.6 Å². The predicted octanol–water partition coefficient (Wildman–Crippen LogP) is 1.72. The van der Waals surface area contributed by atoms with E-state index in [0.717, 1.165) is 38.1 Å². The Morgan fingerprint density at radius 2 is 2.25 bits per heavy atom. The van der Waals surface area contributed by atoms with E-state index in [4.69, 9.17) is 5.73 Å². The number of carbonyl (C=O) groups excluding carboxylic acids is 1. The van der Waals surface area contributed by atoms with E-state index < -0.39 is 0 Å². The minimum Gasteiger partial charge on any atom is -0.342 e. The number of nitrogens with zero attached hydrogens (tertiary/aromatic N) is 1. The van der Waals surface area contributed by atoms with Gasteiger partial charge in [-0.3, -0.25) is 4.79 Å². The lowest BCUT2D eigenvalue weighted by Gasteiger charge is -2.22. The third kappa shape index (κ3) is 3.98. The summed E-state index contributed by atoms with van der Waals surface area (Å²) in [6.07, 6.45) is 6.04. The molecule has 1 saturated heterocycles. The largest absolute Gasteiger partial charge is 0.342 e. The highest BCUT2D eigenvalue weighted by Gasteiger charge is 2.34. The lowest BCUT2D eigenvalue weighted by atomic mass is 9.90. The Kier molecular flexibility index (Phi) is 5.62. The molecule has 3 nitrogen and oxygen atoms in total. The second-order valence-electron chi connectivity index (χ2n) is 5.03. The lowest BCUT2D eigenvalue weighted by Crippen LogP contribution is -2.34. The van der Waals surface area contributed by atoms with Gasteiger partial charge in [0.05, 0.1) is 0 Å². The molecule has 1 amide bonds.